The molecule has 168 valence electrons. The Morgan fingerprint density at radius 1 is 1.13 bits per heavy atom. The maximum absolute atomic E-state index is 13.0. The smallest absolute Gasteiger partial charge is 0.410 e. The van der Waals surface area contributed by atoms with E-state index in [4.69, 9.17) is 9.47 Å². The second kappa shape index (κ2) is 10.5. The van der Waals surface area contributed by atoms with Crippen LogP contribution in [-0.4, -0.2) is 47.7 Å². The molecule has 0 aromatic heterocycles. The lowest BCUT2D eigenvalue weighted by Crippen LogP contribution is -2.47. The zero-order valence-corrected chi connectivity index (χ0v) is 20.5. The van der Waals surface area contributed by atoms with E-state index < -0.39 is 5.60 Å². The van der Waals surface area contributed by atoms with Crippen LogP contribution in [0, 0.1) is 0 Å². The third-order valence-electron chi connectivity index (χ3n) is 5.37. The number of rotatable bonds is 6. The average molecular weight is 489 g/mol. The van der Waals surface area contributed by atoms with Gasteiger partial charge in [-0.15, -0.1) is 0 Å². The van der Waals surface area contributed by atoms with E-state index in [1.807, 2.05) is 74.2 Å². The van der Waals surface area contributed by atoms with E-state index in [-0.39, 0.29) is 12.1 Å². The van der Waals surface area contributed by atoms with Crippen molar-refractivity contribution in [1.82, 2.24) is 9.80 Å². The number of carbonyl (C=O) groups excluding carboxylic acids is 1. The molecule has 1 amide bonds. The average Bonchev–Trinajstić information content (AvgIpc) is 2.72. The lowest BCUT2D eigenvalue weighted by atomic mass is 10.0. The standard InChI is InChI=1S/C25H33BrN2O3/c1-25(2,3)31-24(29)28(21-12-14-27(4)15-13-21)17-20-10-11-22(16-23(20)26)30-18-19-8-6-5-7-9-19/h5-11,16,21H,12-15,17-18H2,1-4H3. The van der Waals surface area contributed by atoms with Crippen LogP contribution in [0.15, 0.2) is 53.0 Å². The highest BCUT2D eigenvalue weighted by Gasteiger charge is 2.31. The van der Waals surface area contributed by atoms with Gasteiger partial charge in [-0.25, -0.2) is 4.79 Å². The van der Waals surface area contributed by atoms with E-state index in [1.165, 1.54) is 0 Å². The first kappa shape index (κ1) is 23.6. The predicted octanol–water partition coefficient (Wildman–Crippen LogP) is 5.86. The van der Waals surface area contributed by atoms with Crippen molar-refractivity contribution in [3.05, 3.63) is 64.1 Å². The molecule has 0 N–H and O–H groups in total. The monoisotopic (exact) mass is 488 g/mol. The van der Waals surface area contributed by atoms with Crippen molar-refractivity contribution >= 4 is 22.0 Å². The van der Waals surface area contributed by atoms with Crippen LogP contribution in [0.1, 0.15) is 44.7 Å². The van der Waals surface area contributed by atoms with E-state index in [9.17, 15) is 4.79 Å². The Morgan fingerprint density at radius 3 is 2.42 bits per heavy atom. The minimum atomic E-state index is -0.521. The lowest BCUT2D eigenvalue weighted by molar-refractivity contribution is 0.00684. The molecule has 6 heteroatoms. The molecule has 1 aliphatic rings. The molecule has 0 aliphatic carbocycles. The zero-order valence-electron chi connectivity index (χ0n) is 18.9. The highest BCUT2D eigenvalue weighted by Crippen LogP contribution is 2.28. The number of hydrogen-bond acceptors (Lipinski definition) is 4. The van der Waals surface area contributed by atoms with Gasteiger partial charge < -0.3 is 19.3 Å². The maximum Gasteiger partial charge on any atom is 0.410 e. The molecule has 1 aliphatic heterocycles. The molecule has 0 atom stereocenters. The van der Waals surface area contributed by atoms with Gasteiger partial charge in [-0.3, -0.25) is 0 Å². The molecule has 2 aromatic carbocycles. The minimum absolute atomic E-state index is 0.173. The Bertz CT molecular complexity index is 859. The SMILES string of the molecule is CN1CCC(N(Cc2ccc(OCc3ccccc3)cc2Br)C(=O)OC(C)(C)C)CC1. The number of halogens is 1. The van der Waals surface area contributed by atoms with Crippen LogP contribution in [0.5, 0.6) is 5.75 Å². The summed E-state index contributed by atoms with van der Waals surface area (Å²) in [7, 11) is 2.12. The molecule has 5 nitrogen and oxygen atoms in total. The van der Waals surface area contributed by atoms with Crippen molar-refractivity contribution in [2.75, 3.05) is 20.1 Å². The van der Waals surface area contributed by atoms with Crippen molar-refractivity contribution < 1.29 is 14.3 Å². The first-order valence-electron chi connectivity index (χ1n) is 10.8. The first-order chi connectivity index (χ1) is 14.7. The van der Waals surface area contributed by atoms with Gasteiger partial charge in [0.2, 0.25) is 0 Å². The van der Waals surface area contributed by atoms with Gasteiger partial charge in [0.15, 0.2) is 0 Å². The van der Waals surface area contributed by atoms with Crippen LogP contribution < -0.4 is 4.74 Å². The van der Waals surface area contributed by atoms with Gasteiger partial charge in [-0.05, 0) is 77.0 Å². The number of hydrogen-bond donors (Lipinski definition) is 0. The highest BCUT2D eigenvalue weighted by molar-refractivity contribution is 9.10. The molecule has 0 unspecified atom stereocenters. The number of benzene rings is 2. The number of nitrogens with zero attached hydrogens (tertiary/aromatic N) is 2. The van der Waals surface area contributed by atoms with Gasteiger partial charge in [0.1, 0.15) is 18.0 Å². The first-order valence-corrected chi connectivity index (χ1v) is 11.6. The van der Waals surface area contributed by atoms with Crippen LogP contribution >= 0.6 is 15.9 Å². The molecule has 1 fully saturated rings. The second-order valence-electron chi connectivity index (χ2n) is 9.17. The topological polar surface area (TPSA) is 42.0 Å². The summed E-state index contributed by atoms with van der Waals surface area (Å²) in [5.41, 5.74) is 1.64. The maximum atomic E-state index is 13.0. The fourth-order valence-electron chi connectivity index (χ4n) is 3.64. The largest absolute Gasteiger partial charge is 0.489 e. The van der Waals surface area contributed by atoms with Gasteiger partial charge in [-0.1, -0.05) is 52.3 Å². The lowest BCUT2D eigenvalue weighted by Gasteiger charge is -2.38. The molecule has 1 saturated heterocycles. The number of amides is 1. The number of carbonyl (C=O) groups is 1. The Balaban J connectivity index is 1.71. The van der Waals surface area contributed by atoms with Crippen LogP contribution in [0.25, 0.3) is 0 Å². The molecule has 0 bridgehead atoms. The summed E-state index contributed by atoms with van der Waals surface area (Å²) in [5.74, 6) is 0.794. The van der Waals surface area contributed by atoms with Gasteiger partial charge in [0, 0.05) is 10.5 Å². The van der Waals surface area contributed by atoms with E-state index in [1.54, 1.807) is 0 Å². The van der Waals surface area contributed by atoms with Gasteiger partial charge >= 0.3 is 6.09 Å². The van der Waals surface area contributed by atoms with Crippen molar-refractivity contribution in [3.63, 3.8) is 0 Å². The summed E-state index contributed by atoms with van der Waals surface area (Å²) in [6, 6.07) is 16.2. The Morgan fingerprint density at radius 2 is 1.81 bits per heavy atom. The van der Waals surface area contributed by atoms with E-state index >= 15 is 0 Å². The van der Waals surface area contributed by atoms with Gasteiger partial charge in [0.05, 0.1) is 6.54 Å². The van der Waals surface area contributed by atoms with Crippen molar-refractivity contribution in [2.45, 2.75) is 58.4 Å². The Hall–Kier alpha value is -2.05. The summed E-state index contributed by atoms with van der Waals surface area (Å²) < 4.78 is 12.6. The summed E-state index contributed by atoms with van der Waals surface area (Å²) >= 11 is 3.68. The molecule has 1 heterocycles. The molecular weight excluding hydrogens is 456 g/mol. The van der Waals surface area contributed by atoms with Crippen molar-refractivity contribution in [2.24, 2.45) is 0 Å². The number of ether oxygens (including phenoxy) is 2. The van der Waals surface area contributed by atoms with Crippen molar-refractivity contribution in [3.8, 4) is 5.75 Å². The normalized spacial score (nSPS) is 15.5. The molecule has 0 radical (unpaired) electrons. The number of piperidine rings is 1. The summed E-state index contributed by atoms with van der Waals surface area (Å²) in [6.07, 6.45) is 1.65. The quantitative estimate of drug-likeness (QED) is 0.510. The number of likely N-dealkylation sites (tertiary alicyclic amines) is 1. The fraction of sp³-hybridized carbons (Fsp3) is 0.480. The Kier molecular flexibility index (Phi) is 8.00. The van der Waals surface area contributed by atoms with E-state index in [0.29, 0.717) is 13.2 Å². The van der Waals surface area contributed by atoms with Gasteiger partial charge in [0.25, 0.3) is 0 Å². The van der Waals surface area contributed by atoms with Crippen LogP contribution in [-0.2, 0) is 17.9 Å². The summed E-state index contributed by atoms with van der Waals surface area (Å²) in [5, 5.41) is 0. The van der Waals surface area contributed by atoms with E-state index in [0.717, 1.165) is 47.3 Å². The predicted molar refractivity (Wildman–Crippen MR) is 127 cm³/mol. The molecule has 3 rings (SSSR count). The Labute approximate surface area is 194 Å². The zero-order chi connectivity index (χ0) is 22.4. The second-order valence-corrected chi connectivity index (χ2v) is 10.0. The van der Waals surface area contributed by atoms with Crippen molar-refractivity contribution in [1.29, 1.82) is 0 Å². The molecule has 31 heavy (non-hydrogen) atoms. The molecule has 0 spiro atoms. The summed E-state index contributed by atoms with van der Waals surface area (Å²) in [4.78, 5) is 17.2. The van der Waals surface area contributed by atoms with Crippen LogP contribution in [0.2, 0.25) is 0 Å². The highest BCUT2D eigenvalue weighted by atomic mass is 79.9. The third-order valence-corrected chi connectivity index (χ3v) is 6.11. The summed E-state index contributed by atoms with van der Waals surface area (Å²) in [6.45, 7) is 8.72. The van der Waals surface area contributed by atoms with Gasteiger partial charge in [-0.2, -0.15) is 0 Å². The van der Waals surface area contributed by atoms with Crippen LogP contribution in [0.4, 0.5) is 4.79 Å². The fourth-order valence-corrected chi connectivity index (χ4v) is 4.12. The third kappa shape index (κ3) is 7.25. The molecule has 0 saturated carbocycles. The van der Waals surface area contributed by atoms with E-state index in [2.05, 4.69) is 27.9 Å². The minimum Gasteiger partial charge on any atom is -0.489 e. The molecular formula is C25H33BrN2O3. The van der Waals surface area contributed by atoms with Crippen LogP contribution in [0.3, 0.4) is 0 Å². The molecule has 2 aromatic rings.